The zero-order valence-corrected chi connectivity index (χ0v) is 14.6. The van der Waals surface area contributed by atoms with E-state index < -0.39 is 0 Å². The van der Waals surface area contributed by atoms with Gasteiger partial charge in [0.1, 0.15) is 10.8 Å². The Morgan fingerprint density at radius 3 is 2.70 bits per heavy atom. The molecule has 1 aliphatic carbocycles. The first-order valence-electron chi connectivity index (χ1n) is 8.56. The number of carbonyl (C=O) groups is 1. The average molecular weight is 335 g/mol. The van der Waals surface area contributed by atoms with Crippen molar-refractivity contribution in [2.45, 2.75) is 50.5 Å². The average Bonchev–Trinajstić information content (AvgIpc) is 3.02. The lowest BCUT2D eigenvalue weighted by Gasteiger charge is -2.39. The lowest BCUT2D eigenvalue weighted by Crippen LogP contribution is -2.39. The highest BCUT2D eigenvalue weighted by molar-refractivity contribution is 7.99. The van der Waals surface area contributed by atoms with Gasteiger partial charge in [-0.15, -0.1) is 0 Å². The fraction of sp³-hybridized carbons (Fsp3) is 0.706. The Balaban J connectivity index is 1.56. The maximum absolute atomic E-state index is 11.4. The van der Waals surface area contributed by atoms with Gasteiger partial charge in [-0.25, -0.2) is 4.98 Å². The number of aromatic nitrogens is 2. The lowest BCUT2D eigenvalue weighted by atomic mass is 9.77. The highest BCUT2D eigenvalue weighted by atomic mass is 32.2. The van der Waals surface area contributed by atoms with Crippen molar-refractivity contribution in [1.82, 2.24) is 9.97 Å². The van der Waals surface area contributed by atoms with E-state index in [1.54, 1.807) is 6.20 Å². The first-order valence-corrected chi connectivity index (χ1v) is 9.55. The first kappa shape index (κ1) is 16.6. The van der Waals surface area contributed by atoms with Gasteiger partial charge < -0.3 is 9.64 Å². The number of hydrogen-bond donors (Lipinski definition) is 0. The van der Waals surface area contributed by atoms with Crippen molar-refractivity contribution in [2.75, 3.05) is 30.3 Å². The number of piperidine rings is 1. The van der Waals surface area contributed by atoms with Crippen molar-refractivity contribution in [1.29, 1.82) is 0 Å². The van der Waals surface area contributed by atoms with E-state index in [4.69, 9.17) is 4.74 Å². The molecule has 1 saturated carbocycles. The highest BCUT2D eigenvalue weighted by Gasteiger charge is 2.37. The minimum absolute atomic E-state index is 0.203. The molecule has 0 bridgehead atoms. The van der Waals surface area contributed by atoms with Crippen LogP contribution in [0.5, 0.6) is 0 Å². The number of anilines is 1. The molecular weight excluding hydrogens is 310 g/mol. The minimum Gasteiger partial charge on any atom is -0.465 e. The summed E-state index contributed by atoms with van der Waals surface area (Å²) in [5, 5.41) is 0.789. The lowest BCUT2D eigenvalue weighted by molar-refractivity contribution is -0.139. The van der Waals surface area contributed by atoms with Crippen LogP contribution in [0.3, 0.4) is 0 Å². The van der Waals surface area contributed by atoms with Gasteiger partial charge in [0.05, 0.1) is 24.8 Å². The third kappa shape index (κ3) is 4.16. The Bertz CT molecular complexity index is 536. The van der Waals surface area contributed by atoms with E-state index in [0.717, 1.165) is 23.9 Å². The second-order valence-electron chi connectivity index (χ2n) is 6.50. The van der Waals surface area contributed by atoms with Gasteiger partial charge in [-0.1, -0.05) is 24.6 Å². The second kappa shape index (κ2) is 7.51. The fourth-order valence-electron chi connectivity index (χ4n) is 3.73. The van der Waals surface area contributed by atoms with Gasteiger partial charge in [-0.3, -0.25) is 9.78 Å². The second-order valence-corrected chi connectivity index (χ2v) is 7.50. The molecule has 0 unspecified atom stereocenters. The zero-order chi connectivity index (χ0) is 16.1. The quantitative estimate of drug-likeness (QED) is 0.608. The molecule has 2 heterocycles. The van der Waals surface area contributed by atoms with E-state index in [2.05, 4.69) is 14.9 Å². The van der Waals surface area contributed by atoms with Crippen LogP contribution in [-0.4, -0.2) is 41.4 Å². The smallest absolute Gasteiger partial charge is 0.316 e. The predicted molar refractivity (Wildman–Crippen MR) is 91.7 cm³/mol. The van der Waals surface area contributed by atoms with Gasteiger partial charge in [0, 0.05) is 13.1 Å². The topological polar surface area (TPSA) is 55.3 Å². The number of rotatable bonds is 5. The van der Waals surface area contributed by atoms with Gasteiger partial charge >= 0.3 is 5.97 Å². The van der Waals surface area contributed by atoms with Crippen molar-refractivity contribution in [2.24, 2.45) is 5.41 Å². The standard InChI is InChI=1S/C17H25N3O2S/c1-2-22-16(21)13-23-15-12-18-11-14(19-15)20-9-7-17(8-10-20)5-3-4-6-17/h11-12H,2-10,13H2,1H3. The van der Waals surface area contributed by atoms with Crippen LogP contribution in [0.1, 0.15) is 45.4 Å². The van der Waals surface area contributed by atoms with Crippen LogP contribution in [0.4, 0.5) is 5.82 Å². The summed E-state index contributed by atoms with van der Waals surface area (Å²) in [6.45, 7) is 4.37. The molecular formula is C17H25N3O2S. The Labute approximate surface area is 142 Å². The van der Waals surface area contributed by atoms with E-state index in [1.807, 2.05) is 13.1 Å². The summed E-state index contributed by atoms with van der Waals surface area (Å²) in [4.78, 5) is 22.7. The van der Waals surface area contributed by atoms with Crippen LogP contribution >= 0.6 is 11.8 Å². The molecule has 0 amide bonds. The van der Waals surface area contributed by atoms with Crippen LogP contribution in [0.2, 0.25) is 0 Å². The van der Waals surface area contributed by atoms with E-state index >= 15 is 0 Å². The highest BCUT2D eigenvalue weighted by Crippen LogP contribution is 2.46. The van der Waals surface area contributed by atoms with E-state index in [9.17, 15) is 4.79 Å². The molecule has 1 spiro atoms. The minimum atomic E-state index is -0.203. The number of hydrogen-bond acceptors (Lipinski definition) is 6. The molecule has 0 aromatic carbocycles. The van der Waals surface area contributed by atoms with Gasteiger partial charge in [0.25, 0.3) is 0 Å². The Morgan fingerprint density at radius 1 is 1.26 bits per heavy atom. The number of thioether (sulfide) groups is 1. The number of ether oxygens (including phenoxy) is 1. The summed E-state index contributed by atoms with van der Waals surface area (Å²) in [5.74, 6) is 1.02. The Kier molecular flexibility index (Phi) is 5.41. The van der Waals surface area contributed by atoms with E-state index in [0.29, 0.717) is 12.0 Å². The monoisotopic (exact) mass is 335 g/mol. The molecule has 0 radical (unpaired) electrons. The summed E-state index contributed by atoms with van der Waals surface area (Å²) in [5.41, 5.74) is 0.611. The molecule has 0 N–H and O–H groups in total. The van der Waals surface area contributed by atoms with Gasteiger partial charge in [-0.05, 0) is 38.0 Å². The first-order chi connectivity index (χ1) is 11.2. The molecule has 6 heteroatoms. The molecule has 2 fully saturated rings. The molecule has 126 valence electrons. The SMILES string of the molecule is CCOC(=O)CSc1cncc(N2CCC3(CCCC3)CC2)n1. The normalized spacial score (nSPS) is 20.0. The molecule has 5 nitrogen and oxygen atoms in total. The van der Waals surface area contributed by atoms with Crippen LogP contribution in [0, 0.1) is 5.41 Å². The molecule has 0 atom stereocenters. The van der Waals surface area contributed by atoms with Crippen LogP contribution < -0.4 is 4.90 Å². The fourth-order valence-corrected chi connectivity index (χ4v) is 4.37. The summed E-state index contributed by atoms with van der Waals surface area (Å²) in [7, 11) is 0. The van der Waals surface area contributed by atoms with Crippen molar-refractivity contribution < 1.29 is 9.53 Å². The summed E-state index contributed by atoms with van der Waals surface area (Å²) < 4.78 is 4.95. The number of esters is 1. The predicted octanol–water partition coefficient (Wildman–Crippen LogP) is 3.29. The van der Waals surface area contributed by atoms with Crippen molar-refractivity contribution >= 4 is 23.5 Å². The molecule has 1 aromatic heterocycles. The van der Waals surface area contributed by atoms with Gasteiger partial charge in [-0.2, -0.15) is 0 Å². The van der Waals surface area contributed by atoms with E-state index in [1.165, 1.54) is 50.3 Å². The molecule has 1 aromatic rings. The third-order valence-electron chi connectivity index (χ3n) is 5.06. The van der Waals surface area contributed by atoms with Crippen LogP contribution in [0.25, 0.3) is 0 Å². The van der Waals surface area contributed by atoms with Crippen molar-refractivity contribution in [3.63, 3.8) is 0 Å². The molecule has 1 saturated heterocycles. The third-order valence-corrected chi connectivity index (χ3v) is 5.93. The Hall–Kier alpha value is -1.30. The number of carbonyl (C=O) groups excluding carboxylic acids is 1. The van der Waals surface area contributed by atoms with Gasteiger partial charge in [0.15, 0.2) is 0 Å². The van der Waals surface area contributed by atoms with E-state index in [-0.39, 0.29) is 11.7 Å². The Morgan fingerprint density at radius 2 is 2.00 bits per heavy atom. The maximum atomic E-state index is 11.4. The van der Waals surface area contributed by atoms with Crippen molar-refractivity contribution in [3.8, 4) is 0 Å². The zero-order valence-electron chi connectivity index (χ0n) is 13.8. The summed E-state index contributed by atoms with van der Waals surface area (Å²) in [6.07, 6.45) is 11.7. The van der Waals surface area contributed by atoms with Gasteiger partial charge in [0.2, 0.25) is 0 Å². The molecule has 23 heavy (non-hydrogen) atoms. The number of nitrogens with zero attached hydrogens (tertiary/aromatic N) is 3. The summed E-state index contributed by atoms with van der Waals surface area (Å²) >= 11 is 1.39. The molecule has 3 rings (SSSR count). The summed E-state index contributed by atoms with van der Waals surface area (Å²) in [6, 6.07) is 0. The largest absolute Gasteiger partial charge is 0.465 e. The maximum Gasteiger partial charge on any atom is 0.316 e. The van der Waals surface area contributed by atoms with Crippen LogP contribution in [-0.2, 0) is 9.53 Å². The molecule has 1 aliphatic heterocycles. The van der Waals surface area contributed by atoms with Crippen LogP contribution in [0.15, 0.2) is 17.4 Å². The van der Waals surface area contributed by atoms with Crippen molar-refractivity contribution in [3.05, 3.63) is 12.4 Å². The molecule has 2 aliphatic rings.